The summed E-state index contributed by atoms with van der Waals surface area (Å²) in [6.07, 6.45) is 1.37. The Balaban J connectivity index is 1.41. The van der Waals surface area contributed by atoms with Crippen molar-refractivity contribution < 1.29 is 23.5 Å². The second-order valence-electron chi connectivity index (χ2n) is 7.32. The molecule has 0 spiro atoms. The van der Waals surface area contributed by atoms with E-state index in [9.17, 15) is 9.59 Å². The van der Waals surface area contributed by atoms with Crippen molar-refractivity contribution >= 4 is 34.8 Å². The SMILES string of the molecule is CCCN(Cc1nnc(-c2cccs2)o1)C(=O)COC(=O)CCCOc1ccc(Cl)cc1C. The Kier molecular flexibility index (Phi) is 9.26. The van der Waals surface area contributed by atoms with Gasteiger partial charge in [0.25, 0.3) is 11.8 Å². The van der Waals surface area contributed by atoms with E-state index in [1.54, 1.807) is 17.0 Å². The van der Waals surface area contributed by atoms with Gasteiger partial charge in [0.2, 0.25) is 5.89 Å². The molecule has 0 saturated carbocycles. The van der Waals surface area contributed by atoms with E-state index in [-0.39, 0.29) is 25.5 Å². The third-order valence-corrected chi connectivity index (χ3v) is 5.74. The smallest absolute Gasteiger partial charge is 0.306 e. The number of halogens is 1. The quantitative estimate of drug-likeness (QED) is 0.262. The molecule has 0 N–H and O–H groups in total. The fourth-order valence-corrected chi connectivity index (χ4v) is 3.89. The molecule has 0 bridgehead atoms. The first-order chi connectivity index (χ1) is 16.0. The van der Waals surface area contributed by atoms with E-state index in [0.717, 1.165) is 22.6 Å². The molecule has 2 heterocycles. The van der Waals surface area contributed by atoms with Gasteiger partial charge in [-0.1, -0.05) is 24.6 Å². The number of benzene rings is 1. The summed E-state index contributed by atoms with van der Waals surface area (Å²) in [4.78, 5) is 27.0. The van der Waals surface area contributed by atoms with Gasteiger partial charge in [0, 0.05) is 18.0 Å². The predicted octanol–water partition coefficient (Wildman–Crippen LogP) is 4.90. The van der Waals surface area contributed by atoms with Crippen LogP contribution >= 0.6 is 22.9 Å². The van der Waals surface area contributed by atoms with E-state index in [1.807, 2.05) is 37.4 Å². The molecule has 2 aromatic heterocycles. The number of nitrogens with zero attached hydrogens (tertiary/aromatic N) is 3. The molecule has 8 nitrogen and oxygen atoms in total. The lowest BCUT2D eigenvalue weighted by atomic mass is 10.2. The lowest BCUT2D eigenvalue weighted by Crippen LogP contribution is -2.35. The molecule has 0 fully saturated rings. The summed E-state index contributed by atoms with van der Waals surface area (Å²) >= 11 is 7.43. The van der Waals surface area contributed by atoms with Crippen molar-refractivity contribution in [2.45, 2.75) is 39.7 Å². The molecule has 10 heteroatoms. The first-order valence-corrected chi connectivity index (χ1v) is 11.9. The highest BCUT2D eigenvalue weighted by Gasteiger charge is 2.19. The summed E-state index contributed by atoms with van der Waals surface area (Å²) in [7, 11) is 0. The summed E-state index contributed by atoms with van der Waals surface area (Å²) in [6, 6.07) is 9.15. The number of ether oxygens (including phenoxy) is 2. The minimum atomic E-state index is -0.450. The second-order valence-corrected chi connectivity index (χ2v) is 8.70. The van der Waals surface area contributed by atoms with E-state index < -0.39 is 5.97 Å². The maximum absolute atomic E-state index is 12.6. The fourth-order valence-electron chi connectivity index (χ4n) is 3.02. The van der Waals surface area contributed by atoms with Gasteiger partial charge in [0.1, 0.15) is 5.75 Å². The highest BCUT2D eigenvalue weighted by molar-refractivity contribution is 7.13. The van der Waals surface area contributed by atoms with Gasteiger partial charge in [-0.3, -0.25) is 9.59 Å². The maximum atomic E-state index is 12.6. The van der Waals surface area contributed by atoms with Crippen LogP contribution < -0.4 is 4.74 Å². The van der Waals surface area contributed by atoms with Gasteiger partial charge < -0.3 is 18.8 Å². The number of rotatable bonds is 12. The predicted molar refractivity (Wildman–Crippen MR) is 125 cm³/mol. The molecule has 0 radical (unpaired) electrons. The van der Waals surface area contributed by atoms with Crippen LogP contribution in [0.3, 0.4) is 0 Å². The zero-order valence-electron chi connectivity index (χ0n) is 18.6. The van der Waals surface area contributed by atoms with Crippen LogP contribution in [0.5, 0.6) is 5.75 Å². The minimum Gasteiger partial charge on any atom is -0.493 e. The Labute approximate surface area is 201 Å². The summed E-state index contributed by atoms with van der Waals surface area (Å²) in [5.41, 5.74) is 0.926. The van der Waals surface area contributed by atoms with Crippen LogP contribution in [-0.4, -0.2) is 46.7 Å². The number of aryl methyl sites for hydroxylation is 1. The molecule has 1 amide bonds. The lowest BCUT2D eigenvalue weighted by Gasteiger charge is -2.20. The third kappa shape index (κ3) is 7.57. The van der Waals surface area contributed by atoms with Gasteiger partial charge in [0.15, 0.2) is 6.61 Å². The Hall–Kier alpha value is -2.91. The molecule has 3 aromatic rings. The van der Waals surface area contributed by atoms with E-state index in [0.29, 0.717) is 36.4 Å². The highest BCUT2D eigenvalue weighted by Crippen LogP contribution is 2.24. The van der Waals surface area contributed by atoms with Crippen LogP contribution in [0.4, 0.5) is 0 Å². The van der Waals surface area contributed by atoms with Crippen molar-refractivity contribution in [2.75, 3.05) is 19.8 Å². The zero-order valence-corrected chi connectivity index (χ0v) is 20.2. The normalized spacial score (nSPS) is 10.8. The maximum Gasteiger partial charge on any atom is 0.306 e. The summed E-state index contributed by atoms with van der Waals surface area (Å²) in [6.45, 7) is 4.54. The Morgan fingerprint density at radius 2 is 2.09 bits per heavy atom. The molecular weight excluding hydrogens is 466 g/mol. The standard InChI is InChI=1S/C23H26ClN3O5S/c1-3-10-27(14-20-25-26-23(32-20)19-6-5-12-33-19)21(28)15-31-22(29)7-4-11-30-18-9-8-17(24)13-16(18)2/h5-6,8-9,12-13H,3-4,7,10-11,14-15H2,1-2H3. The van der Waals surface area contributed by atoms with Crippen LogP contribution in [0, 0.1) is 6.92 Å². The average Bonchev–Trinajstić information content (AvgIpc) is 3.48. The zero-order chi connectivity index (χ0) is 23.6. The van der Waals surface area contributed by atoms with Gasteiger partial charge in [-0.05, 0) is 55.0 Å². The first kappa shape index (κ1) is 24.7. The van der Waals surface area contributed by atoms with Crippen molar-refractivity contribution in [2.24, 2.45) is 0 Å². The van der Waals surface area contributed by atoms with Crippen molar-refractivity contribution in [1.82, 2.24) is 15.1 Å². The summed E-state index contributed by atoms with van der Waals surface area (Å²) in [5, 5.41) is 10.6. The Bertz CT molecular complexity index is 1050. The Morgan fingerprint density at radius 1 is 1.24 bits per heavy atom. The van der Waals surface area contributed by atoms with Crippen LogP contribution in [0.2, 0.25) is 5.02 Å². The molecule has 0 aliphatic rings. The lowest BCUT2D eigenvalue weighted by molar-refractivity contribution is -0.152. The van der Waals surface area contributed by atoms with Crippen molar-refractivity contribution in [3.05, 3.63) is 52.2 Å². The van der Waals surface area contributed by atoms with E-state index in [4.69, 9.17) is 25.5 Å². The third-order valence-electron chi connectivity index (χ3n) is 4.65. The van der Waals surface area contributed by atoms with Gasteiger partial charge >= 0.3 is 5.97 Å². The number of carbonyl (C=O) groups excluding carboxylic acids is 2. The van der Waals surface area contributed by atoms with E-state index >= 15 is 0 Å². The van der Waals surface area contributed by atoms with Crippen LogP contribution in [0.25, 0.3) is 10.8 Å². The van der Waals surface area contributed by atoms with Crippen LogP contribution in [-0.2, 0) is 20.9 Å². The fraction of sp³-hybridized carbons (Fsp3) is 0.391. The van der Waals surface area contributed by atoms with Gasteiger partial charge in [0.05, 0.1) is 18.0 Å². The summed E-state index contributed by atoms with van der Waals surface area (Å²) < 4.78 is 16.5. The molecule has 0 aliphatic heterocycles. The Morgan fingerprint density at radius 3 is 2.82 bits per heavy atom. The number of amides is 1. The van der Waals surface area contributed by atoms with Gasteiger partial charge in [-0.2, -0.15) is 0 Å². The average molecular weight is 492 g/mol. The number of esters is 1. The molecule has 0 unspecified atom stereocenters. The minimum absolute atomic E-state index is 0.154. The first-order valence-electron chi connectivity index (χ1n) is 10.6. The van der Waals surface area contributed by atoms with Crippen molar-refractivity contribution in [1.29, 1.82) is 0 Å². The van der Waals surface area contributed by atoms with Crippen molar-refractivity contribution in [3.8, 4) is 16.5 Å². The summed E-state index contributed by atoms with van der Waals surface area (Å²) in [5.74, 6) is 0.719. The molecule has 0 aliphatic carbocycles. The number of aromatic nitrogens is 2. The molecular formula is C23H26ClN3O5S. The van der Waals surface area contributed by atoms with E-state index in [2.05, 4.69) is 10.2 Å². The van der Waals surface area contributed by atoms with Gasteiger partial charge in [-0.25, -0.2) is 0 Å². The molecule has 3 rings (SSSR count). The second kappa shape index (κ2) is 12.4. The molecule has 0 saturated heterocycles. The molecule has 1 aromatic carbocycles. The van der Waals surface area contributed by atoms with Gasteiger partial charge in [-0.15, -0.1) is 21.5 Å². The topological polar surface area (TPSA) is 94.8 Å². The monoisotopic (exact) mass is 491 g/mol. The van der Waals surface area contributed by atoms with Crippen LogP contribution in [0.15, 0.2) is 40.1 Å². The number of carbonyl (C=O) groups is 2. The number of hydrogen-bond donors (Lipinski definition) is 0. The van der Waals surface area contributed by atoms with E-state index in [1.165, 1.54) is 11.3 Å². The van der Waals surface area contributed by atoms with Crippen molar-refractivity contribution in [3.63, 3.8) is 0 Å². The number of hydrogen-bond acceptors (Lipinski definition) is 8. The molecule has 33 heavy (non-hydrogen) atoms. The largest absolute Gasteiger partial charge is 0.493 e. The highest BCUT2D eigenvalue weighted by atomic mass is 35.5. The molecule has 176 valence electrons. The molecule has 0 atom stereocenters. The number of thiophene rings is 1. The van der Waals surface area contributed by atoms with Crippen LogP contribution in [0.1, 0.15) is 37.6 Å².